The molecule has 2 N–H and O–H groups in total. The molecule has 178 valence electrons. The summed E-state index contributed by atoms with van der Waals surface area (Å²) in [5.41, 5.74) is 1.05. The van der Waals surface area contributed by atoms with Gasteiger partial charge in [0.05, 0.1) is 12.7 Å². The fourth-order valence-electron chi connectivity index (χ4n) is 4.41. The fraction of sp³-hybridized carbons (Fsp3) is 0.435. The number of aliphatic hydroxyl groups excluding tert-OH is 1. The average Bonchev–Trinajstić information content (AvgIpc) is 3.55. The second kappa shape index (κ2) is 9.74. The summed E-state index contributed by atoms with van der Waals surface area (Å²) in [4.78, 5) is 31.6. The van der Waals surface area contributed by atoms with Crippen LogP contribution in [0.5, 0.6) is 11.5 Å². The molecule has 0 spiro atoms. The second-order valence-electron chi connectivity index (χ2n) is 8.35. The van der Waals surface area contributed by atoms with Gasteiger partial charge in [0.2, 0.25) is 5.62 Å². The van der Waals surface area contributed by atoms with E-state index in [1.807, 2.05) is 16.7 Å². The number of anilines is 1. The third-order valence-corrected chi connectivity index (χ3v) is 6.01. The Morgan fingerprint density at radius 2 is 2.03 bits per heavy atom. The maximum absolute atomic E-state index is 12.7. The Kier molecular flexibility index (Phi) is 6.37. The van der Waals surface area contributed by atoms with Gasteiger partial charge in [-0.2, -0.15) is 4.99 Å². The summed E-state index contributed by atoms with van der Waals surface area (Å²) >= 11 is 0. The Labute approximate surface area is 196 Å². The Bertz CT molecular complexity index is 1260. The summed E-state index contributed by atoms with van der Waals surface area (Å²) < 4.78 is 13.5. The Balaban J connectivity index is 1.49. The van der Waals surface area contributed by atoms with E-state index in [1.165, 1.54) is 31.6 Å². The summed E-state index contributed by atoms with van der Waals surface area (Å²) in [5, 5.41) is 14.6. The van der Waals surface area contributed by atoms with Gasteiger partial charge in [0.25, 0.3) is 5.91 Å². The van der Waals surface area contributed by atoms with Gasteiger partial charge in [0.15, 0.2) is 11.5 Å². The third-order valence-electron chi connectivity index (χ3n) is 6.01. The van der Waals surface area contributed by atoms with E-state index in [1.54, 1.807) is 7.11 Å². The van der Waals surface area contributed by atoms with E-state index in [-0.39, 0.29) is 17.8 Å². The highest BCUT2D eigenvalue weighted by Crippen LogP contribution is 2.37. The molecule has 0 radical (unpaired) electrons. The summed E-state index contributed by atoms with van der Waals surface area (Å²) in [6.07, 6.45) is 5.92. The zero-order valence-electron chi connectivity index (χ0n) is 19.0. The molecule has 1 aromatic carbocycles. The van der Waals surface area contributed by atoms with Gasteiger partial charge in [-0.25, -0.2) is 15.0 Å². The molecule has 1 fully saturated rings. The summed E-state index contributed by atoms with van der Waals surface area (Å²) in [5.74, 6) is 1.22. The van der Waals surface area contributed by atoms with Crippen LogP contribution in [0.15, 0.2) is 35.8 Å². The lowest BCUT2D eigenvalue weighted by atomic mass is 10.2. The van der Waals surface area contributed by atoms with Crippen molar-refractivity contribution in [3.8, 4) is 11.5 Å². The number of rotatable bonds is 7. The highest BCUT2D eigenvalue weighted by atomic mass is 16.5. The van der Waals surface area contributed by atoms with Crippen LogP contribution in [-0.2, 0) is 6.54 Å². The topological polar surface area (TPSA) is 127 Å². The largest absolute Gasteiger partial charge is 0.491 e. The fourth-order valence-corrected chi connectivity index (χ4v) is 4.41. The van der Waals surface area contributed by atoms with Crippen molar-refractivity contribution in [1.82, 2.24) is 24.4 Å². The molecule has 5 rings (SSSR count). The average molecular weight is 466 g/mol. The number of aromatic nitrogens is 4. The number of fused-ring (bicyclic) bond motifs is 3. The molecule has 2 aromatic heterocycles. The lowest BCUT2D eigenvalue weighted by Gasteiger charge is -2.20. The zero-order chi connectivity index (χ0) is 23.5. The van der Waals surface area contributed by atoms with Gasteiger partial charge in [0.1, 0.15) is 30.4 Å². The van der Waals surface area contributed by atoms with E-state index in [0.717, 1.165) is 24.3 Å². The number of carbonyl (C=O) groups is 1. The van der Waals surface area contributed by atoms with E-state index in [9.17, 15) is 9.90 Å². The van der Waals surface area contributed by atoms with Crippen molar-refractivity contribution in [3.05, 3.63) is 42.0 Å². The standard InChI is InChI=1S/C23H27N7O4/c1-33-20-18(34-13-16(31)12-29-7-2-3-8-29)5-4-17-19(20)27-23(30-9-6-26-21(17)30)28-22(32)15-10-24-14-25-11-15/h4-5,10-11,14,16,26,31H,2-3,6-9,12-13H2,1H3/t16-/m0/s1. The Hall–Kier alpha value is -3.57. The quantitative estimate of drug-likeness (QED) is 0.522. The Morgan fingerprint density at radius 3 is 2.79 bits per heavy atom. The number of β-amino-alcohol motifs (C(OH)–C–C–N with tert-alkyl or cyclic N) is 1. The van der Waals surface area contributed by atoms with E-state index in [0.29, 0.717) is 36.6 Å². The number of carbonyl (C=O) groups excluding carboxylic acids is 1. The number of hydrogen-bond donors (Lipinski definition) is 2. The molecule has 2 aliphatic heterocycles. The van der Waals surface area contributed by atoms with E-state index in [4.69, 9.17) is 9.47 Å². The molecular formula is C23H27N7O4. The van der Waals surface area contributed by atoms with Crippen LogP contribution in [0, 0.1) is 0 Å². The first kappa shape index (κ1) is 22.2. The van der Waals surface area contributed by atoms with Gasteiger partial charge in [-0.15, -0.1) is 0 Å². The molecule has 0 aliphatic carbocycles. The molecule has 1 amide bonds. The highest BCUT2D eigenvalue weighted by molar-refractivity contribution is 5.96. The maximum Gasteiger partial charge on any atom is 0.283 e. The van der Waals surface area contributed by atoms with Crippen LogP contribution >= 0.6 is 0 Å². The highest BCUT2D eigenvalue weighted by Gasteiger charge is 2.22. The SMILES string of the molecule is COc1c(OC[C@@H](O)CN2CCCC2)ccc2c3n(c(=NC(=O)c4cncnc4)nc12)CCN3. The molecule has 3 aromatic rings. The minimum Gasteiger partial charge on any atom is -0.491 e. The number of ether oxygens (including phenoxy) is 2. The van der Waals surface area contributed by atoms with Gasteiger partial charge in [0, 0.05) is 37.4 Å². The molecule has 0 saturated carbocycles. The van der Waals surface area contributed by atoms with Gasteiger partial charge in [-0.3, -0.25) is 9.36 Å². The van der Waals surface area contributed by atoms with Gasteiger partial charge in [-0.05, 0) is 38.1 Å². The normalized spacial score (nSPS) is 16.9. The summed E-state index contributed by atoms with van der Waals surface area (Å²) in [7, 11) is 1.54. The first-order valence-corrected chi connectivity index (χ1v) is 11.4. The lowest BCUT2D eigenvalue weighted by Crippen LogP contribution is -2.33. The molecule has 1 saturated heterocycles. The van der Waals surface area contributed by atoms with Crippen molar-refractivity contribution in [3.63, 3.8) is 0 Å². The van der Waals surface area contributed by atoms with Gasteiger partial charge in [-0.1, -0.05) is 0 Å². The van der Waals surface area contributed by atoms with Crippen LogP contribution in [0.2, 0.25) is 0 Å². The number of nitrogens with one attached hydrogen (secondary N) is 1. The molecule has 1 atom stereocenters. The zero-order valence-corrected chi connectivity index (χ0v) is 19.0. The summed E-state index contributed by atoms with van der Waals surface area (Å²) in [6.45, 7) is 4.05. The first-order valence-electron chi connectivity index (χ1n) is 11.4. The minimum absolute atomic E-state index is 0.139. The van der Waals surface area contributed by atoms with Crippen molar-refractivity contribution in [2.75, 3.05) is 45.2 Å². The van der Waals surface area contributed by atoms with E-state index in [2.05, 4.69) is 30.2 Å². The number of amides is 1. The number of methoxy groups -OCH3 is 1. The van der Waals surface area contributed by atoms with Crippen molar-refractivity contribution in [2.24, 2.45) is 4.99 Å². The van der Waals surface area contributed by atoms with E-state index < -0.39 is 12.0 Å². The number of aliphatic hydroxyl groups is 1. The molecule has 4 heterocycles. The second-order valence-corrected chi connectivity index (χ2v) is 8.35. The van der Waals surface area contributed by atoms with Crippen molar-refractivity contribution >= 4 is 22.6 Å². The number of benzene rings is 1. The van der Waals surface area contributed by atoms with E-state index >= 15 is 0 Å². The van der Waals surface area contributed by atoms with Crippen LogP contribution in [-0.4, -0.2) is 81.4 Å². The molecule has 2 aliphatic rings. The third kappa shape index (κ3) is 4.44. The predicted octanol–water partition coefficient (Wildman–Crippen LogP) is 0.837. The van der Waals surface area contributed by atoms with Crippen molar-refractivity contribution in [1.29, 1.82) is 0 Å². The Morgan fingerprint density at radius 1 is 1.24 bits per heavy atom. The van der Waals surface area contributed by atoms with Crippen LogP contribution in [0.3, 0.4) is 0 Å². The first-order chi connectivity index (χ1) is 16.6. The molecule has 34 heavy (non-hydrogen) atoms. The van der Waals surface area contributed by atoms with Gasteiger partial charge < -0.3 is 24.8 Å². The molecule has 0 unspecified atom stereocenters. The molecule has 11 nitrogen and oxygen atoms in total. The van der Waals surface area contributed by atoms with Gasteiger partial charge >= 0.3 is 0 Å². The number of nitrogens with zero attached hydrogens (tertiary/aromatic N) is 6. The van der Waals surface area contributed by atoms with Crippen LogP contribution in [0.1, 0.15) is 23.2 Å². The molecule has 11 heteroatoms. The van der Waals surface area contributed by atoms with Crippen molar-refractivity contribution < 1.29 is 19.4 Å². The van der Waals surface area contributed by atoms with Crippen LogP contribution in [0.4, 0.5) is 5.82 Å². The lowest BCUT2D eigenvalue weighted by molar-refractivity contribution is 0.0748. The molecular weight excluding hydrogens is 438 g/mol. The smallest absolute Gasteiger partial charge is 0.283 e. The maximum atomic E-state index is 12.7. The number of likely N-dealkylation sites (tertiary alicyclic amines) is 1. The molecule has 0 bridgehead atoms. The summed E-state index contributed by atoms with van der Waals surface area (Å²) in [6, 6.07) is 3.71. The monoisotopic (exact) mass is 465 g/mol. The number of hydrogen-bond acceptors (Lipinski definition) is 9. The predicted molar refractivity (Wildman–Crippen MR) is 124 cm³/mol. The van der Waals surface area contributed by atoms with Crippen LogP contribution in [0.25, 0.3) is 10.9 Å². The van der Waals surface area contributed by atoms with Crippen LogP contribution < -0.4 is 20.4 Å². The van der Waals surface area contributed by atoms with Crippen molar-refractivity contribution in [2.45, 2.75) is 25.5 Å². The minimum atomic E-state index is -0.611.